The highest BCUT2D eigenvalue weighted by Gasteiger charge is 2.03. The molecule has 1 N–H and O–H groups in total. The van der Waals surface area contributed by atoms with Crippen LogP contribution < -0.4 is 5.32 Å². The van der Waals surface area contributed by atoms with Crippen LogP contribution in [-0.2, 0) is 6.54 Å². The number of pyridine rings is 1. The quantitative estimate of drug-likeness (QED) is 0.846. The maximum Gasteiger partial charge on any atom is 0.251 e. The van der Waals surface area contributed by atoms with Crippen LogP contribution in [0.3, 0.4) is 0 Å². The van der Waals surface area contributed by atoms with E-state index in [1.807, 2.05) is 24.3 Å². The molecule has 1 heterocycles. The molecule has 1 aromatic carbocycles. The van der Waals surface area contributed by atoms with Crippen LogP contribution in [0.15, 0.2) is 48.7 Å². The molecule has 0 saturated heterocycles. The van der Waals surface area contributed by atoms with Gasteiger partial charge < -0.3 is 5.32 Å². The zero-order chi connectivity index (χ0) is 12.1. The Morgan fingerprint density at radius 3 is 2.59 bits per heavy atom. The van der Waals surface area contributed by atoms with Crippen molar-refractivity contribution in [3.63, 3.8) is 0 Å². The van der Waals surface area contributed by atoms with E-state index < -0.39 is 0 Å². The highest BCUT2D eigenvalue weighted by molar-refractivity contribution is 6.29. The number of nitrogens with one attached hydrogen (secondary N) is 1. The molecule has 0 atom stereocenters. The lowest BCUT2D eigenvalue weighted by atomic mass is 10.2. The number of amides is 1. The molecule has 0 aliphatic heterocycles. The van der Waals surface area contributed by atoms with Gasteiger partial charge in [-0.15, -0.1) is 0 Å². The highest BCUT2D eigenvalue weighted by atomic mass is 35.5. The van der Waals surface area contributed by atoms with E-state index >= 15 is 0 Å². The summed E-state index contributed by atoms with van der Waals surface area (Å²) < 4.78 is 0. The van der Waals surface area contributed by atoms with Crippen molar-refractivity contribution >= 4 is 17.5 Å². The molecule has 0 spiro atoms. The molecule has 0 aliphatic rings. The number of hydrogen-bond acceptors (Lipinski definition) is 2. The van der Waals surface area contributed by atoms with Crippen LogP contribution in [0.2, 0.25) is 5.15 Å². The van der Waals surface area contributed by atoms with Crippen molar-refractivity contribution < 1.29 is 4.79 Å². The molecule has 3 nitrogen and oxygen atoms in total. The van der Waals surface area contributed by atoms with Crippen LogP contribution in [0, 0.1) is 0 Å². The van der Waals surface area contributed by atoms with Crippen molar-refractivity contribution in [1.82, 2.24) is 10.3 Å². The van der Waals surface area contributed by atoms with Crippen molar-refractivity contribution in [1.29, 1.82) is 0 Å². The van der Waals surface area contributed by atoms with Gasteiger partial charge in [-0.1, -0.05) is 35.9 Å². The Morgan fingerprint density at radius 2 is 1.94 bits per heavy atom. The first-order valence-corrected chi connectivity index (χ1v) is 5.57. The molecule has 0 radical (unpaired) electrons. The molecular formula is C13H11ClN2O. The molecule has 0 unspecified atom stereocenters. The number of aromatic nitrogens is 1. The molecule has 2 rings (SSSR count). The first-order valence-electron chi connectivity index (χ1n) is 5.19. The number of carbonyl (C=O) groups excluding carboxylic acids is 1. The van der Waals surface area contributed by atoms with Crippen molar-refractivity contribution in [2.75, 3.05) is 0 Å². The van der Waals surface area contributed by atoms with E-state index in [0.29, 0.717) is 17.3 Å². The average molecular weight is 247 g/mol. The zero-order valence-corrected chi connectivity index (χ0v) is 9.82. The number of nitrogens with zero attached hydrogens (tertiary/aromatic N) is 1. The smallest absolute Gasteiger partial charge is 0.251 e. The summed E-state index contributed by atoms with van der Waals surface area (Å²) in [6, 6.07) is 12.6. The molecule has 86 valence electrons. The van der Waals surface area contributed by atoms with Crippen molar-refractivity contribution in [2.45, 2.75) is 6.54 Å². The van der Waals surface area contributed by atoms with Crippen LogP contribution in [0.4, 0.5) is 0 Å². The first-order chi connectivity index (χ1) is 8.25. The molecule has 0 bridgehead atoms. The van der Waals surface area contributed by atoms with Gasteiger partial charge in [-0.3, -0.25) is 4.79 Å². The standard InChI is InChI=1S/C13H11ClN2O/c14-12-7-6-10(8-15-12)9-16-13(17)11-4-2-1-3-5-11/h1-8H,9H2,(H,16,17). The van der Waals surface area contributed by atoms with Gasteiger partial charge in [0.1, 0.15) is 5.15 Å². The van der Waals surface area contributed by atoms with Crippen LogP contribution in [0.25, 0.3) is 0 Å². The fourth-order valence-electron chi connectivity index (χ4n) is 1.38. The Morgan fingerprint density at radius 1 is 1.18 bits per heavy atom. The Hall–Kier alpha value is -1.87. The van der Waals surface area contributed by atoms with Gasteiger partial charge in [0.15, 0.2) is 0 Å². The minimum absolute atomic E-state index is 0.0967. The Balaban J connectivity index is 1.95. The fraction of sp³-hybridized carbons (Fsp3) is 0.0769. The van der Waals surface area contributed by atoms with Gasteiger partial charge in [-0.25, -0.2) is 4.98 Å². The van der Waals surface area contributed by atoms with Gasteiger partial charge in [-0.05, 0) is 23.8 Å². The zero-order valence-electron chi connectivity index (χ0n) is 9.06. The minimum atomic E-state index is -0.0967. The maximum absolute atomic E-state index is 11.7. The van der Waals surface area contributed by atoms with E-state index in [9.17, 15) is 4.79 Å². The van der Waals surface area contributed by atoms with Gasteiger partial charge in [0.05, 0.1) is 0 Å². The molecule has 0 saturated carbocycles. The summed E-state index contributed by atoms with van der Waals surface area (Å²) >= 11 is 5.67. The molecule has 0 aliphatic carbocycles. The third-order valence-corrected chi connectivity index (χ3v) is 2.50. The van der Waals surface area contributed by atoms with Crippen molar-refractivity contribution in [3.8, 4) is 0 Å². The second kappa shape index (κ2) is 5.46. The topological polar surface area (TPSA) is 42.0 Å². The molecular weight excluding hydrogens is 236 g/mol. The fourth-order valence-corrected chi connectivity index (χ4v) is 1.50. The summed E-state index contributed by atoms with van der Waals surface area (Å²) in [6.07, 6.45) is 1.65. The van der Waals surface area contributed by atoms with Gasteiger partial charge in [0.25, 0.3) is 5.91 Å². The first kappa shape index (κ1) is 11.6. The van der Waals surface area contributed by atoms with Crippen LogP contribution in [0.5, 0.6) is 0 Å². The third kappa shape index (κ3) is 3.29. The Bertz CT molecular complexity index is 497. The Kier molecular flexibility index (Phi) is 3.73. The number of halogens is 1. The number of hydrogen-bond donors (Lipinski definition) is 1. The number of benzene rings is 1. The lowest BCUT2D eigenvalue weighted by molar-refractivity contribution is 0.0951. The van der Waals surface area contributed by atoms with Crippen LogP contribution in [0.1, 0.15) is 15.9 Å². The van der Waals surface area contributed by atoms with E-state index in [4.69, 9.17) is 11.6 Å². The summed E-state index contributed by atoms with van der Waals surface area (Å²) in [5.74, 6) is -0.0967. The summed E-state index contributed by atoms with van der Waals surface area (Å²) in [4.78, 5) is 15.7. The third-order valence-electron chi connectivity index (χ3n) is 2.28. The van der Waals surface area contributed by atoms with Gasteiger partial charge in [-0.2, -0.15) is 0 Å². The molecule has 1 amide bonds. The molecule has 1 aromatic heterocycles. The molecule has 17 heavy (non-hydrogen) atoms. The SMILES string of the molecule is O=C(NCc1ccc(Cl)nc1)c1ccccc1. The lowest BCUT2D eigenvalue weighted by Crippen LogP contribution is -2.22. The second-order valence-corrected chi connectivity index (χ2v) is 3.93. The van der Waals surface area contributed by atoms with E-state index in [-0.39, 0.29) is 5.91 Å². The van der Waals surface area contributed by atoms with Crippen LogP contribution in [-0.4, -0.2) is 10.9 Å². The van der Waals surface area contributed by atoms with E-state index in [1.165, 1.54) is 0 Å². The lowest BCUT2D eigenvalue weighted by Gasteiger charge is -2.04. The number of carbonyl (C=O) groups is 1. The monoisotopic (exact) mass is 246 g/mol. The largest absolute Gasteiger partial charge is 0.348 e. The van der Waals surface area contributed by atoms with E-state index in [2.05, 4.69) is 10.3 Å². The normalized spacial score (nSPS) is 9.94. The molecule has 4 heteroatoms. The van der Waals surface area contributed by atoms with Gasteiger partial charge in [0, 0.05) is 18.3 Å². The molecule has 0 fully saturated rings. The predicted octanol–water partition coefficient (Wildman–Crippen LogP) is 2.67. The van der Waals surface area contributed by atoms with E-state index in [0.717, 1.165) is 5.56 Å². The molecule has 2 aromatic rings. The number of rotatable bonds is 3. The average Bonchev–Trinajstić information content (AvgIpc) is 2.39. The van der Waals surface area contributed by atoms with Gasteiger partial charge in [0.2, 0.25) is 0 Å². The van der Waals surface area contributed by atoms with E-state index in [1.54, 1.807) is 24.4 Å². The highest BCUT2D eigenvalue weighted by Crippen LogP contribution is 2.05. The summed E-state index contributed by atoms with van der Waals surface area (Å²) in [6.45, 7) is 0.442. The predicted molar refractivity (Wildman–Crippen MR) is 66.9 cm³/mol. The van der Waals surface area contributed by atoms with Gasteiger partial charge >= 0.3 is 0 Å². The van der Waals surface area contributed by atoms with Crippen molar-refractivity contribution in [3.05, 3.63) is 64.9 Å². The minimum Gasteiger partial charge on any atom is -0.348 e. The summed E-state index contributed by atoms with van der Waals surface area (Å²) in [5, 5.41) is 3.26. The van der Waals surface area contributed by atoms with Crippen LogP contribution >= 0.6 is 11.6 Å². The maximum atomic E-state index is 11.7. The summed E-state index contributed by atoms with van der Waals surface area (Å²) in [7, 11) is 0. The van der Waals surface area contributed by atoms with Crippen molar-refractivity contribution in [2.24, 2.45) is 0 Å². The summed E-state index contributed by atoms with van der Waals surface area (Å²) in [5.41, 5.74) is 1.56. The Labute approximate surface area is 104 Å². The second-order valence-electron chi connectivity index (χ2n) is 3.54.